The van der Waals surface area contributed by atoms with Gasteiger partial charge in [0.25, 0.3) is 11.5 Å². The monoisotopic (exact) mass is 424 g/mol. The fraction of sp³-hybridized carbons (Fsp3) is 0.182. The molecule has 30 heavy (non-hydrogen) atoms. The fourth-order valence-electron chi connectivity index (χ4n) is 3.09. The van der Waals surface area contributed by atoms with Gasteiger partial charge in [0.05, 0.1) is 0 Å². The van der Waals surface area contributed by atoms with Crippen molar-refractivity contribution in [2.45, 2.75) is 13.5 Å². The molecule has 0 aliphatic rings. The summed E-state index contributed by atoms with van der Waals surface area (Å²) in [4.78, 5) is 44.2. The number of hydrogen-bond donors (Lipinski definition) is 1. The van der Waals surface area contributed by atoms with Crippen LogP contribution in [0, 0.1) is 0 Å². The summed E-state index contributed by atoms with van der Waals surface area (Å²) in [5.74, 6) is -0.578. The van der Waals surface area contributed by atoms with Gasteiger partial charge in [-0.3, -0.25) is 19.0 Å². The van der Waals surface area contributed by atoms with E-state index in [2.05, 4.69) is 10.3 Å². The summed E-state index contributed by atoms with van der Waals surface area (Å²) in [6, 6.07) is 15.9. The molecule has 8 heteroatoms. The Morgan fingerprint density at radius 3 is 2.37 bits per heavy atom. The average molecular weight is 425 g/mol. The summed E-state index contributed by atoms with van der Waals surface area (Å²) in [6.07, 6.45) is 1.22. The first kappa shape index (κ1) is 21.3. The van der Waals surface area contributed by atoms with E-state index in [1.165, 1.54) is 17.8 Å². The Morgan fingerprint density at radius 2 is 1.77 bits per heavy atom. The van der Waals surface area contributed by atoms with Crippen LogP contribution in [0.15, 0.2) is 65.6 Å². The molecule has 0 radical (unpaired) electrons. The second-order valence-corrected chi connectivity index (χ2v) is 6.88. The lowest BCUT2D eigenvalue weighted by Gasteiger charge is -2.22. The van der Waals surface area contributed by atoms with E-state index in [9.17, 15) is 14.4 Å². The number of carbonyl (C=O) groups is 2. The van der Waals surface area contributed by atoms with Crippen molar-refractivity contribution >= 4 is 29.1 Å². The fourth-order valence-corrected chi connectivity index (χ4v) is 3.22. The molecule has 0 bridgehead atoms. The van der Waals surface area contributed by atoms with Crippen LogP contribution in [0.2, 0.25) is 5.02 Å². The predicted molar refractivity (Wildman–Crippen MR) is 117 cm³/mol. The van der Waals surface area contributed by atoms with Gasteiger partial charge in [-0.15, -0.1) is 0 Å². The number of hydrogen-bond acceptors (Lipinski definition) is 4. The van der Waals surface area contributed by atoms with Crippen molar-refractivity contribution in [3.05, 3.63) is 81.7 Å². The third kappa shape index (κ3) is 4.41. The minimum absolute atomic E-state index is 0.134. The van der Waals surface area contributed by atoms with Crippen molar-refractivity contribution in [2.24, 2.45) is 0 Å². The predicted octanol–water partition coefficient (Wildman–Crippen LogP) is 2.98. The number of aromatic nitrogens is 2. The minimum Gasteiger partial charge on any atom is -0.355 e. The topological polar surface area (TPSA) is 84.3 Å². The molecule has 0 aliphatic heterocycles. The van der Waals surface area contributed by atoms with Crippen LogP contribution in [0.1, 0.15) is 17.3 Å². The van der Waals surface area contributed by atoms with Gasteiger partial charge in [-0.2, -0.15) is 0 Å². The third-order valence-corrected chi connectivity index (χ3v) is 4.85. The lowest BCUT2D eigenvalue weighted by molar-refractivity contribution is -0.119. The molecule has 0 saturated heterocycles. The Hall–Kier alpha value is -3.45. The second kappa shape index (κ2) is 9.37. The Morgan fingerprint density at radius 1 is 1.10 bits per heavy atom. The standard InChI is InChI=1S/C22H21ClN4O3/c1-3-26(17-7-5-4-6-8-17)19(28)14-27-20(15-9-11-16(23)12-10-15)25-13-18(22(27)30)21(29)24-2/h4-13H,3,14H2,1-2H3,(H,24,29). The molecule has 0 aliphatic carbocycles. The largest absolute Gasteiger partial charge is 0.355 e. The molecule has 1 aromatic heterocycles. The van der Waals surface area contributed by atoms with E-state index in [4.69, 9.17) is 11.6 Å². The summed E-state index contributed by atoms with van der Waals surface area (Å²) in [5.41, 5.74) is 0.606. The van der Waals surface area contributed by atoms with Crippen LogP contribution >= 0.6 is 11.6 Å². The average Bonchev–Trinajstić information content (AvgIpc) is 2.76. The maximum Gasteiger partial charge on any atom is 0.267 e. The molecular formula is C22H21ClN4O3. The molecule has 0 unspecified atom stereocenters. The number of para-hydroxylation sites is 1. The maximum absolute atomic E-state index is 13.1. The van der Waals surface area contributed by atoms with Crippen LogP contribution in [0.5, 0.6) is 0 Å². The zero-order valence-electron chi connectivity index (χ0n) is 16.6. The molecule has 0 saturated carbocycles. The van der Waals surface area contributed by atoms with Crippen LogP contribution in [0.25, 0.3) is 11.4 Å². The van der Waals surface area contributed by atoms with E-state index in [1.807, 2.05) is 37.3 Å². The van der Waals surface area contributed by atoms with Gasteiger partial charge in [-0.25, -0.2) is 4.98 Å². The van der Waals surface area contributed by atoms with E-state index in [1.54, 1.807) is 29.2 Å². The van der Waals surface area contributed by atoms with Crippen LogP contribution in [-0.2, 0) is 11.3 Å². The van der Waals surface area contributed by atoms with Crippen molar-refractivity contribution in [1.82, 2.24) is 14.9 Å². The number of amides is 2. The number of halogens is 1. The lowest BCUT2D eigenvalue weighted by atomic mass is 10.2. The highest BCUT2D eigenvalue weighted by molar-refractivity contribution is 6.30. The van der Waals surface area contributed by atoms with Gasteiger partial charge in [0.1, 0.15) is 17.9 Å². The van der Waals surface area contributed by atoms with Crippen LogP contribution in [0.4, 0.5) is 5.69 Å². The summed E-state index contributed by atoms with van der Waals surface area (Å²) < 4.78 is 1.22. The van der Waals surface area contributed by atoms with Gasteiger partial charge < -0.3 is 10.2 Å². The summed E-state index contributed by atoms with van der Waals surface area (Å²) in [7, 11) is 1.43. The normalized spacial score (nSPS) is 10.5. The molecule has 154 valence electrons. The van der Waals surface area contributed by atoms with Gasteiger partial charge in [-0.1, -0.05) is 29.8 Å². The molecule has 1 N–H and O–H groups in total. The van der Waals surface area contributed by atoms with Crippen LogP contribution in [0.3, 0.4) is 0 Å². The third-order valence-electron chi connectivity index (χ3n) is 4.60. The molecule has 0 spiro atoms. The molecular weight excluding hydrogens is 404 g/mol. The first-order chi connectivity index (χ1) is 14.5. The smallest absolute Gasteiger partial charge is 0.267 e. The SMILES string of the molecule is CCN(C(=O)Cn1c(-c2ccc(Cl)cc2)ncc(C(=O)NC)c1=O)c1ccccc1. The minimum atomic E-state index is -0.591. The van der Waals surface area contributed by atoms with Gasteiger partial charge in [0.2, 0.25) is 5.91 Å². The van der Waals surface area contributed by atoms with E-state index in [0.29, 0.717) is 17.1 Å². The summed E-state index contributed by atoms with van der Waals surface area (Å²) >= 11 is 5.97. The van der Waals surface area contributed by atoms with Crippen molar-refractivity contribution in [2.75, 3.05) is 18.5 Å². The zero-order chi connectivity index (χ0) is 21.7. The summed E-state index contributed by atoms with van der Waals surface area (Å²) in [6.45, 7) is 2.01. The van der Waals surface area contributed by atoms with Gasteiger partial charge in [-0.05, 0) is 43.3 Å². The van der Waals surface area contributed by atoms with Gasteiger partial charge in [0.15, 0.2) is 0 Å². The highest BCUT2D eigenvalue weighted by atomic mass is 35.5. The number of nitrogens with zero attached hydrogens (tertiary/aromatic N) is 3. The Balaban J connectivity index is 2.08. The van der Waals surface area contributed by atoms with Crippen molar-refractivity contribution < 1.29 is 9.59 Å². The number of likely N-dealkylation sites (N-methyl/N-ethyl adjacent to an activating group) is 1. The van der Waals surface area contributed by atoms with E-state index < -0.39 is 11.5 Å². The number of rotatable bonds is 6. The van der Waals surface area contributed by atoms with Crippen molar-refractivity contribution in [1.29, 1.82) is 0 Å². The Kier molecular flexibility index (Phi) is 6.64. The van der Waals surface area contributed by atoms with Crippen molar-refractivity contribution in [3.8, 4) is 11.4 Å². The van der Waals surface area contributed by atoms with Gasteiger partial charge >= 0.3 is 0 Å². The van der Waals surface area contributed by atoms with Gasteiger partial charge in [0, 0.05) is 36.1 Å². The number of nitrogens with one attached hydrogen (secondary N) is 1. The second-order valence-electron chi connectivity index (χ2n) is 6.45. The Bertz CT molecular complexity index is 1110. The highest BCUT2D eigenvalue weighted by Gasteiger charge is 2.21. The zero-order valence-corrected chi connectivity index (χ0v) is 17.4. The van der Waals surface area contributed by atoms with E-state index >= 15 is 0 Å². The maximum atomic E-state index is 13.1. The Labute approximate surface area is 178 Å². The molecule has 7 nitrogen and oxygen atoms in total. The highest BCUT2D eigenvalue weighted by Crippen LogP contribution is 2.20. The first-order valence-electron chi connectivity index (χ1n) is 9.39. The molecule has 0 atom stereocenters. The molecule has 2 amide bonds. The quantitative estimate of drug-likeness (QED) is 0.659. The first-order valence-corrected chi connectivity index (χ1v) is 9.77. The molecule has 3 rings (SSSR count). The lowest BCUT2D eigenvalue weighted by Crippen LogP contribution is -2.39. The van der Waals surface area contributed by atoms with Crippen LogP contribution < -0.4 is 15.8 Å². The molecule has 0 fully saturated rings. The molecule has 2 aromatic carbocycles. The molecule has 1 heterocycles. The number of carbonyl (C=O) groups excluding carboxylic acids is 2. The van der Waals surface area contributed by atoms with Crippen molar-refractivity contribution in [3.63, 3.8) is 0 Å². The number of benzene rings is 2. The molecule has 3 aromatic rings. The van der Waals surface area contributed by atoms with E-state index in [0.717, 1.165) is 5.69 Å². The number of anilines is 1. The van der Waals surface area contributed by atoms with E-state index in [-0.39, 0.29) is 23.8 Å². The summed E-state index contributed by atoms with van der Waals surface area (Å²) in [5, 5.41) is 2.96. The van der Waals surface area contributed by atoms with Crippen LogP contribution in [-0.4, -0.2) is 35.0 Å².